The van der Waals surface area contributed by atoms with Crippen molar-refractivity contribution in [3.63, 3.8) is 0 Å². The summed E-state index contributed by atoms with van der Waals surface area (Å²) in [5.74, 6) is 1.25. The van der Waals surface area contributed by atoms with Gasteiger partial charge in [-0.1, -0.05) is 0 Å². The molecule has 0 radical (unpaired) electrons. The van der Waals surface area contributed by atoms with Gasteiger partial charge < -0.3 is 25.0 Å². The van der Waals surface area contributed by atoms with E-state index in [-0.39, 0.29) is 5.91 Å². The number of nitrogens with one attached hydrogen (secondary N) is 2. The lowest BCUT2D eigenvalue weighted by molar-refractivity contribution is -0.124. The van der Waals surface area contributed by atoms with E-state index in [0.29, 0.717) is 36.5 Å². The van der Waals surface area contributed by atoms with Crippen molar-refractivity contribution in [2.75, 3.05) is 24.6 Å². The molecule has 40 heavy (non-hydrogen) atoms. The average Bonchev–Trinajstić information content (AvgIpc) is 3.31. The molecule has 0 aliphatic carbocycles. The number of amides is 2. The van der Waals surface area contributed by atoms with Crippen LogP contribution in [0.3, 0.4) is 0 Å². The van der Waals surface area contributed by atoms with Crippen molar-refractivity contribution in [1.29, 1.82) is 5.26 Å². The number of nitrogens with zero attached hydrogens (tertiary/aromatic N) is 5. The lowest BCUT2D eigenvalue weighted by Crippen LogP contribution is -2.57. The van der Waals surface area contributed by atoms with Crippen LogP contribution in [0.2, 0.25) is 0 Å². The van der Waals surface area contributed by atoms with Gasteiger partial charge in [0, 0.05) is 36.0 Å². The second-order valence-corrected chi connectivity index (χ2v) is 11.3. The molecule has 1 saturated heterocycles. The summed E-state index contributed by atoms with van der Waals surface area (Å²) in [5.41, 5.74) is 1.83. The summed E-state index contributed by atoms with van der Waals surface area (Å²) >= 11 is 0. The van der Waals surface area contributed by atoms with E-state index < -0.39 is 23.3 Å². The second kappa shape index (κ2) is 11.4. The first kappa shape index (κ1) is 28.7. The number of alkyl carbamates (subject to hydrolysis) is 1. The lowest BCUT2D eigenvalue weighted by Gasteiger charge is -2.41. The summed E-state index contributed by atoms with van der Waals surface area (Å²) in [5, 5.41) is 19.6. The van der Waals surface area contributed by atoms with Gasteiger partial charge in [0.25, 0.3) is 0 Å². The van der Waals surface area contributed by atoms with E-state index in [1.807, 2.05) is 32.0 Å². The molecule has 0 aromatic carbocycles. The Kier molecular flexibility index (Phi) is 8.18. The fourth-order valence-electron chi connectivity index (χ4n) is 4.69. The largest absolute Gasteiger partial charge is 0.492 e. The van der Waals surface area contributed by atoms with Crippen molar-refractivity contribution >= 4 is 23.3 Å². The minimum atomic E-state index is -0.719. The first-order chi connectivity index (χ1) is 18.9. The molecule has 11 heteroatoms. The molecule has 4 rings (SSSR count). The number of fused-ring (bicyclic) bond motifs is 1. The molecular weight excluding hydrogens is 510 g/mol. The van der Waals surface area contributed by atoms with Crippen molar-refractivity contribution in [1.82, 2.24) is 25.2 Å². The van der Waals surface area contributed by atoms with Crippen LogP contribution in [0.15, 0.2) is 36.8 Å². The molecule has 3 aromatic rings. The first-order valence-electron chi connectivity index (χ1n) is 13.5. The molecule has 1 aliphatic heterocycles. The Morgan fingerprint density at radius 1 is 1.23 bits per heavy atom. The van der Waals surface area contributed by atoms with Crippen LogP contribution in [0.1, 0.15) is 59.9 Å². The summed E-state index contributed by atoms with van der Waals surface area (Å²) < 4.78 is 12.6. The normalized spacial score (nSPS) is 15.7. The molecule has 4 heterocycles. The number of carbonyl (C=O) groups excluding carboxylic acids is 2. The highest BCUT2D eigenvalue weighted by Crippen LogP contribution is 2.32. The second-order valence-electron chi connectivity index (χ2n) is 11.3. The topological polar surface area (TPSA) is 134 Å². The number of pyridine rings is 2. The molecule has 1 atom stereocenters. The van der Waals surface area contributed by atoms with Gasteiger partial charge in [0.05, 0.1) is 30.1 Å². The molecule has 0 bridgehead atoms. The van der Waals surface area contributed by atoms with Gasteiger partial charge >= 0.3 is 6.09 Å². The molecule has 1 fully saturated rings. The molecule has 3 aromatic heterocycles. The van der Waals surface area contributed by atoms with E-state index in [2.05, 4.69) is 26.7 Å². The number of nitriles is 1. The van der Waals surface area contributed by atoms with E-state index >= 15 is 0 Å². The fourth-order valence-corrected chi connectivity index (χ4v) is 4.69. The monoisotopic (exact) mass is 547 g/mol. The van der Waals surface area contributed by atoms with Crippen molar-refractivity contribution in [2.45, 2.75) is 71.6 Å². The van der Waals surface area contributed by atoms with Crippen LogP contribution in [-0.4, -0.2) is 63.5 Å². The van der Waals surface area contributed by atoms with Crippen molar-refractivity contribution in [3.05, 3.63) is 42.4 Å². The maximum absolute atomic E-state index is 12.8. The van der Waals surface area contributed by atoms with E-state index in [1.54, 1.807) is 50.8 Å². The Bertz CT molecular complexity index is 1410. The van der Waals surface area contributed by atoms with Gasteiger partial charge in [0.1, 0.15) is 29.3 Å². The van der Waals surface area contributed by atoms with Gasteiger partial charge in [0.15, 0.2) is 0 Å². The van der Waals surface area contributed by atoms with Crippen LogP contribution >= 0.6 is 0 Å². The zero-order chi connectivity index (χ0) is 29.1. The minimum absolute atomic E-state index is 0.249. The quantitative estimate of drug-likeness (QED) is 0.452. The molecule has 2 N–H and O–H groups in total. The molecule has 11 nitrogen and oxygen atoms in total. The number of ether oxygens (including phenoxy) is 2. The highest BCUT2D eigenvalue weighted by molar-refractivity contribution is 5.86. The van der Waals surface area contributed by atoms with E-state index in [9.17, 15) is 14.9 Å². The summed E-state index contributed by atoms with van der Waals surface area (Å²) in [4.78, 5) is 31.7. The first-order valence-corrected chi connectivity index (χ1v) is 13.5. The number of hydrogen-bond acceptors (Lipinski definition) is 8. The number of rotatable bonds is 7. The molecule has 212 valence electrons. The number of hydrogen-bond donors (Lipinski definition) is 2. The Balaban J connectivity index is 1.41. The van der Waals surface area contributed by atoms with Crippen molar-refractivity contribution in [3.8, 4) is 22.9 Å². The van der Waals surface area contributed by atoms with E-state index in [4.69, 9.17) is 14.5 Å². The van der Waals surface area contributed by atoms with Crippen LogP contribution in [0.4, 0.5) is 10.6 Å². The predicted octanol–water partition coefficient (Wildman–Crippen LogP) is 4.05. The Hall–Kier alpha value is -4.33. The van der Waals surface area contributed by atoms with Crippen molar-refractivity contribution < 1.29 is 19.1 Å². The van der Waals surface area contributed by atoms with E-state index in [0.717, 1.165) is 29.8 Å². The van der Waals surface area contributed by atoms with Crippen LogP contribution in [-0.2, 0) is 9.53 Å². The maximum atomic E-state index is 12.8. The Labute approximate surface area is 234 Å². The summed E-state index contributed by atoms with van der Waals surface area (Å²) in [7, 11) is 0. The van der Waals surface area contributed by atoms with Crippen LogP contribution in [0.5, 0.6) is 5.75 Å². The third-order valence-corrected chi connectivity index (χ3v) is 6.82. The standard InChI is InChI=1S/C29H37N7O4/c1-7-39-22-14-23(25-21(15-30)17-32-36(25)18-22)20-8-9-24(31-16-20)35-12-10-29(6,11-13-35)34-26(37)19(2)33-27(38)40-28(3,4)5/h8-9,14,16-19H,7,10-13H2,1-6H3,(H,33,38)(H,34,37)/t19-/m0/s1. The maximum Gasteiger partial charge on any atom is 0.408 e. The summed E-state index contributed by atoms with van der Waals surface area (Å²) in [6.07, 6.45) is 5.94. The smallest absolute Gasteiger partial charge is 0.408 e. The van der Waals surface area contributed by atoms with Crippen LogP contribution < -0.4 is 20.3 Å². The lowest BCUT2D eigenvalue weighted by atomic mass is 9.89. The zero-order valence-corrected chi connectivity index (χ0v) is 23.9. The van der Waals surface area contributed by atoms with Crippen LogP contribution in [0, 0.1) is 11.3 Å². The third kappa shape index (κ3) is 6.62. The van der Waals surface area contributed by atoms with Gasteiger partial charge in [-0.25, -0.2) is 14.3 Å². The van der Waals surface area contributed by atoms with Gasteiger partial charge in [-0.2, -0.15) is 10.4 Å². The third-order valence-electron chi connectivity index (χ3n) is 6.82. The van der Waals surface area contributed by atoms with Gasteiger partial charge in [-0.15, -0.1) is 0 Å². The highest BCUT2D eigenvalue weighted by Gasteiger charge is 2.33. The van der Waals surface area contributed by atoms with Gasteiger partial charge in [-0.3, -0.25) is 4.79 Å². The van der Waals surface area contributed by atoms with Crippen molar-refractivity contribution in [2.24, 2.45) is 0 Å². The number of anilines is 1. The fraction of sp³-hybridized carbons (Fsp3) is 0.483. The van der Waals surface area contributed by atoms with Crippen LogP contribution in [0.25, 0.3) is 16.6 Å². The van der Waals surface area contributed by atoms with E-state index in [1.165, 1.54) is 0 Å². The zero-order valence-electron chi connectivity index (χ0n) is 23.9. The minimum Gasteiger partial charge on any atom is -0.492 e. The SMILES string of the molecule is CCOc1cc(-c2ccc(N3CCC(C)(NC(=O)[C@H](C)NC(=O)OC(C)(C)C)CC3)nc2)c2c(C#N)cnn2c1. The van der Waals surface area contributed by atoms with Gasteiger partial charge in [-0.05, 0) is 72.6 Å². The highest BCUT2D eigenvalue weighted by atomic mass is 16.6. The molecule has 2 amide bonds. The number of carbonyl (C=O) groups is 2. The molecule has 0 spiro atoms. The Morgan fingerprint density at radius 3 is 2.55 bits per heavy atom. The Morgan fingerprint density at radius 2 is 1.95 bits per heavy atom. The molecule has 0 unspecified atom stereocenters. The predicted molar refractivity (Wildman–Crippen MR) is 151 cm³/mol. The average molecular weight is 548 g/mol. The number of piperidine rings is 1. The summed E-state index contributed by atoms with van der Waals surface area (Å²) in [6, 6.07) is 7.36. The van der Waals surface area contributed by atoms with Gasteiger partial charge in [0.2, 0.25) is 5.91 Å². The molecule has 0 saturated carbocycles. The summed E-state index contributed by atoms with van der Waals surface area (Å²) in [6.45, 7) is 12.8. The molecule has 1 aliphatic rings. The number of aromatic nitrogens is 3. The molecular formula is C29H37N7O4.